The van der Waals surface area contributed by atoms with Crippen LogP contribution in [0.25, 0.3) is 0 Å². The van der Waals surface area contributed by atoms with Gasteiger partial charge in [-0.3, -0.25) is 4.55 Å². The standard InChI is InChI=1S/C9H12ClN3.C7H8O3S/c10-9-2-1-7(6-12-9)13-8-3-4-11-5-8;1-6-2-4-7(5-3-6)11(8,9)10/h1-2,6,8,11,13H,3-5H2;2-5H,1H3,(H,8,9,10). The summed E-state index contributed by atoms with van der Waals surface area (Å²) in [4.78, 5) is 3.94. The minimum Gasteiger partial charge on any atom is -0.380 e. The molecule has 3 N–H and O–H groups in total. The van der Waals surface area contributed by atoms with Crippen molar-refractivity contribution >= 4 is 27.4 Å². The third-order valence-electron chi connectivity index (χ3n) is 3.48. The molecule has 1 fully saturated rings. The van der Waals surface area contributed by atoms with Gasteiger partial charge in [0, 0.05) is 12.6 Å². The highest BCUT2D eigenvalue weighted by Gasteiger charge is 2.13. The molecule has 1 aromatic heterocycles. The van der Waals surface area contributed by atoms with Crippen molar-refractivity contribution in [2.24, 2.45) is 0 Å². The van der Waals surface area contributed by atoms with E-state index in [0.29, 0.717) is 11.2 Å². The summed E-state index contributed by atoms with van der Waals surface area (Å²) in [5.41, 5.74) is 2.00. The Hall–Kier alpha value is -1.67. The Morgan fingerprint density at radius 3 is 2.46 bits per heavy atom. The lowest BCUT2D eigenvalue weighted by atomic mass is 10.2. The number of hydrogen-bond donors (Lipinski definition) is 3. The molecule has 3 rings (SSSR count). The summed E-state index contributed by atoms with van der Waals surface area (Å²) in [5.74, 6) is 0. The first-order valence-electron chi connectivity index (χ1n) is 7.47. The summed E-state index contributed by atoms with van der Waals surface area (Å²) in [6.07, 6.45) is 2.93. The molecule has 0 radical (unpaired) electrons. The summed E-state index contributed by atoms with van der Waals surface area (Å²) in [6, 6.07) is 10.3. The van der Waals surface area contributed by atoms with E-state index in [4.69, 9.17) is 16.2 Å². The molecule has 1 aromatic carbocycles. The number of hydrogen-bond acceptors (Lipinski definition) is 5. The van der Waals surface area contributed by atoms with Gasteiger partial charge >= 0.3 is 0 Å². The summed E-state index contributed by atoms with van der Waals surface area (Å²) < 4.78 is 29.6. The zero-order valence-electron chi connectivity index (χ0n) is 13.2. The molecule has 6 nitrogen and oxygen atoms in total. The van der Waals surface area contributed by atoms with Gasteiger partial charge in [-0.2, -0.15) is 8.42 Å². The van der Waals surface area contributed by atoms with Crippen molar-refractivity contribution in [1.82, 2.24) is 10.3 Å². The Kier molecular flexibility index (Phi) is 6.56. The maximum Gasteiger partial charge on any atom is 0.294 e. The average molecular weight is 370 g/mol. The number of nitrogens with zero attached hydrogens (tertiary/aromatic N) is 1. The Morgan fingerprint density at radius 2 is 1.96 bits per heavy atom. The quantitative estimate of drug-likeness (QED) is 0.569. The van der Waals surface area contributed by atoms with Crippen LogP contribution in [0.15, 0.2) is 47.5 Å². The van der Waals surface area contributed by atoms with E-state index in [-0.39, 0.29) is 4.90 Å². The number of aromatic nitrogens is 1. The van der Waals surface area contributed by atoms with E-state index in [2.05, 4.69) is 15.6 Å². The van der Waals surface area contributed by atoms with Gasteiger partial charge in [0.1, 0.15) is 5.15 Å². The number of pyridine rings is 1. The third kappa shape index (κ3) is 6.09. The fourth-order valence-corrected chi connectivity index (χ4v) is 2.78. The van der Waals surface area contributed by atoms with Gasteiger partial charge in [0.15, 0.2) is 0 Å². The molecule has 1 saturated heterocycles. The topological polar surface area (TPSA) is 91.3 Å². The number of benzene rings is 1. The first-order valence-corrected chi connectivity index (χ1v) is 9.29. The second kappa shape index (κ2) is 8.43. The first-order chi connectivity index (χ1) is 11.3. The van der Waals surface area contributed by atoms with Crippen molar-refractivity contribution in [2.45, 2.75) is 24.3 Å². The van der Waals surface area contributed by atoms with Crippen LogP contribution in [0.5, 0.6) is 0 Å². The Bertz CT molecular complexity index is 743. The third-order valence-corrected chi connectivity index (χ3v) is 4.57. The van der Waals surface area contributed by atoms with Crippen LogP contribution in [0.2, 0.25) is 5.15 Å². The zero-order chi connectivity index (χ0) is 17.6. The van der Waals surface area contributed by atoms with Crippen LogP contribution in [0.4, 0.5) is 5.69 Å². The van der Waals surface area contributed by atoms with E-state index in [1.165, 1.54) is 18.6 Å². The monoisotopic (exact) mass is 369 g/mol. The molecule has 0 amide bonds. The highest BCUT2D eigenvalue weighted by atomic mass is 35.5. The van der Waals surface area contributed by atoms with Gasteiger partial charge in [0.2, 0.25) is 0 Å². The molecule has 2 aromatic rings. The van der Waals surface area contributed by atoms with Crippen LogP contribution in [0, 0.1) is 6.92 Å². The number of aryl methyl sites for hydroxylation is 1. The number of rotatable bonds is 3. The van der Waals surface area contributed by atoms with E-state index in [9.17, 15) is 8.42 Å². The Balaban J connectivity index is 0.000000177. The molecule has 0 saturated carbocycles. The van der Waals surface area contributed by atoms with Gasteiger partial charge in [-0.15, -0.1) is 0 Å². The molecule has 24 heavy (non-hydrogen) atoms. The van der Waals surface area contributed by atoms with Gasteiger partial charge < -0.3 is 10.6 Å². The second-order valence-corrected chi connectivity index (χ2v) is 7.30. The normalized spacial score (nSPS) is 17.0. The summed E-state index contributed by atoms with van der Waals surface area (Å²) >= 11 is 5.68. The highest BCUT2D eigenvalue weighted by molar-refractivity contribution is 7.85. The zero-order valence-corrected chi connectivity index (χ0v) is 14.8. The molecule has 1 aliphatic rings. The summed E-state index contributed by atoms with van der Waals surface area (Å²) in [5, 5.41) is 7.22. The number of halogens is 1. The van der Waals surface area contributed by atoms with Crippen LogP contribution in [-0.2, 0) is 10.1 Å². The van der Waals surface area contributed by atoms with Gasteiger partial charge in [0.05, 0.1) is 16.8 Å². The molecule has 1 atom stereocenters. The fraction of sp³-hybridized carbons (Fsp3) is 0.312. The van der Waals surface area contributed by atoms with E-state index in [1.807, 2.05) is 13.0 Å². The van der Waals surface area contributed by atoms with Crippen LogP contribution in [-0.4, -0.2) is 37.1 Å². The first kappa shape index (κ1) is 18.7. The van der Waals surface area contributed by atoms with Crippen LogP contribution >= 0.6 is 11.6 Å². The summed E-state index contributed by atoms with van der Waals surface area (Å²) in [7, 11) is -4.02. The van der Waals surface area contributed by atoms with Crippen LogP contribution in [0.1, 0.15) is 12.0 Å². The lowest BCUT2D eigenvalue weighted by Gasteiger charge is -2.11. The van der Waals surface area contributed by atoms with E-state index in [0.717, 1.165) is 24.3 Å². The molecule has 130 valence electrons. The van der Waals surface area contributed by atoms with Crippen LogP contribution < -0.4 is 10.6 Å². The van der Waals surface area contributed by atoms with E-state index >= 15 is 0 Å². The van der Waals surface area contributed by atoms with Crippen molar-refractivity contribution in [1.29, 1.82) is 0 Å². The maximum atomic E-state index is 10.5. The van der Waals surface area contributed by atoms with Crippen molar-refractivity contribution in [3.05, 3.63) is 53.3 Å². The number of anilines is 1. The molecule has 0 bridgehead atoms. The van der Waals surface area contributed by atoms with Gasteiger partial charge in [-0.05, 0) is 44.2 Å². The Labute approximate surface area is 147 Å². The minimum atomic E-state index is -4.02. The molecular formula is C16H20ClN3O3S. The second-order valence-electron chi connectivity index (χ2n) is 5.49. The van der Waals surface area contributed by atoms with Crippen molar-refractivity contribution in [3.63, 3.8) is 0 Å². The smallest absolute Gasteiger partial charge is 0.294 e. The van der Waals surface area contributed by atoms with Gasteiger partial charge in [0.25, 0.3) is 10.1 Å². The molecular weight excluding hydrogens is 350 g/mol. The lowest BCUT2D eigenvalue weighted by Crippen LogP contribution is -2.22. The predicted molar refractivity (Wildman–Crippen MR) is 95.1 cm³/mol. The lowest BCUT2D eigenvalue weighted by molar-refractivity contribution is 0.483. The van der Waals surface area contributed by atoms with E-state index in [1.54, 1.807) is 24.4 Å². The summed E-state index contributed by atoms with van der Waals surface area (Å²) in [6.45, 7) is 3.97. The van der Waals surface area contributed by atoms with Gasteiger partial charge in [-0.25, -0.2) is 4.98 Å². The minimum absolute atomic E-state index is 0.0666. The fourth-order valence-electron chi connectivity index (χ4n) is 2.18. The average Bonchev–Trinajstić information content (AvgIpc) is 3.03. The molecule has 1 aliphatic heterocycles. The van der Waals surface area contributed by atoms with Crippen molar-refractivity contribution < 1.29 is 13.0 Å². The van der Waals surface area contributed by atoms with Crippen LogP contribution in [0.3, 0.4) is 0 Å². The molecule has 0 aliphatic carbocycles. The van der Waals surface area contributed by atoms with Crippen molar-refractivity contribution in [2.75, 3.05) is 18.4 Å². The predicted octanol–water partition coefficient (Wildman–Crippen LogP) is 2.75. The molecule has 0 spiro atoms. The maximum absolute atomic E-state index is 10.5. The molecule has 8 heteroatoms. The Morgan fingerprint density at radius 1 is 1.25 bits per heavy atom. The largest absolute Gasteiger partial charge is 0.380 e. The molecule has 1 unspecified atom stereocenters. The SMILES string of the molecule is Cc1ccc(S(=O)(=O)O)cc1.Clc1ccc(NC2CCNC2)cn1. The number of nitrogens with one attached hydrogen (secondary N) is 2. The molecule has 2 heterocycles. The van der Waals surface area contributed by atoms with Crippen molar-refractivity contribution in [3.8, 4) is 0 Å². The van der Waals surface area contributed by atoms with Gasteiger partial charge in [-0.1, -0.05) is 29.3 Å². The van der Waals surface area contributed by atoms with E-state index < -0.39 is 10.1 Å². The highest BCUT2D eigenvalue weighted by Crippen LogP contribution is 2.12.